The van der Waals surface area contributed by atoms with E-state index in [9.17, 15) is 19.0 Å². The van der Waals surface area contributed by atoms with E-state index in [1.165, 1.54) is 289 Å². The molecule has 3 unspecified atom stereocenters. The van der Waals surface area contributed by atoms with Crippen LogP contribution < -0.4 is 10.2 Å². The first-order chi connectivity index (χ1) is 43.4. The van der Waals surface area contributed by atoms with Gasteiger partial charge in [-0.15, -0.1) is 0 Å². The third-order valence-electron chi connectivity index (χ3n) is 17.8. The first-order valence-corrected chi connectivity index (χ1v) is 40.4. The molecule has 0 saturated carbocycles. The number of carbonyl (C=O) groups is 2. The molecular weight excluding hydrogens is 1120 g/mol. The number of esters is 1. The molecule has 89 heavy (non-hydrogen) atoms. The molecule has 0 radical (unpaired) electrons. The Morgan fingerprint density at radius 3 is 1.04 bits per heavy atom. The Bertz CT molecular complexity index is 1660. The van der Waals surface area contributed by atoms with Crippen LogP contribution in [-0.2, 0) is 27.9 Å². The van der Waals surface area contributed by atoms with E-state index in [1.807, 2.05) is 33.3 Å². The van der Waals surface area contributed by atoms with E-state index < -0.39 is 20.0 Å². The van der Waals surface area contributed by atoms with Crippen molar-refractivity contribution in [3.05, 3.63) is 48.6 Å². The zero-order valence-corrected chi connectivity index (χ0v) is 61.1. The van der Waals surface area contributed by atoms with Crippen molar-refractivity contribution in [3.8, 4) is 0 Å². The molecule has 0 bridgehead atoms. The highest BCUT2D eigenvalue weighted by Crippen LogP contribution is 2.38. The first-order valence-electron chi connectivity index (χ1n) is 38.9. The third-order valence-corrected chi connectivity index (χ3v) is 18.7. The molecule has 0 aromatic rings. The van der Waals surface area contributed by atoms with Gasteiger partial charge in [-0.05, 0) is 70.3 Å². The zero-order valence-electron chi connectivity index (χ0n) is 60.2. The zero-order chi connectivity index (χ0) is 64.9. The van der Waals surface area contributed by atoms with Gasteiger partial charge in [-0.2, -0.15) is 0 Å². The standard InChI is InChI=1S/C79H151N2O7P/c1-7-10-13-16-19-22-25-27-29-31-33-35-37-39-40-42-44-46-48-50-52-54-57-60-63-66-69-72-79(83)88-77(70-67-64-61-58-55-24-21-18-15-12-9-3)76(75-87-89(84,85)86-74-73-81(4,5)6)80-78(82)71-68-65-62-59-56-53-51-49-47-45-43-41-38-36-34-32-30-28-26-23-20-17-14-11-8-2/h19,22,27,29,33,35,67,70,76-77H,7-18,20-21,23-26,28,30-32,34,36-66,68-69,71-75H2,1-6H3,(H-,80,82,84,85)/b22-19-,29-27-,35-33-,70-67+. The summed E-state index contributed by atoms with van der Waals surface area (Å²) in [6.45, 7) is 6.88. The normalized spacial score (nSPS) is 13.7. The van der Waals surface area contributed by atoms with E-state index in [2.05, 4.69) is 62.5 Å². The van der Waals surface area contributed by atoms with Crippen molar-refractivity contribution in [1.29, 1.82) is 0 Å². The molecule has 524 valence electrons. The Morgan fingerprint density at radius 1 is 0.393 bits per heavy atom. The molecule has 0 aromatic carbocycles. The van der Waals surface area contributed by atoms with Gasteiger partial charge in [0, 0.05) is 12.8 Å². The molecule has 0 aliphatic heterocycles. The Morgan fingerprint density at radius 2 is 0.685 bits per heavy atom. The van der Waals surface area contributed by atoms with Gasteiger partial charge in [0.2, 0.25) is 5.91 Å². The van der Waals surface area contributed by atoms with Gasteiger partial charge in [0.15, 0.2) is 0 Å². The lowest BCUT2D eigenvalue weighted by molar-refractivity contribution is -0.870. The maximum atomic E-state index is 13.6. The van der Waals surface area contributed by atoms with Crippen LogP contribution in [0.15, 0.2) is 48.6 Å². The highest BCUT2D eigenvalue weighted by atomic mass is 31.2. The summed E-state index contributed by atoms with van der Waals surface area (Å²) in [5.74, 6) is -0.521. The van der Waals surface area contributed by atoms with Gasteiger partial charge >= 0.3 is 5.97 Å². The van der Waals surface area contributed by atoms with Crippen molar-refractivity contribution >= 4 is 19.7 Å². The number of hydrogen-bond acceptors (Lipinski definition) is 7. The molecule has 1 N–H and O–H groups in total. The van der Waals surface area contributed by atoms with Crippen molar-refractivity contribution in [1.82, 2.24) is 5.32 Å². The fraction of sp³-hybridized carbons (Fsp3) is 0.873. The van der Waals surface area contributed by atoms with Crippen molar-refractivity contribution in [3.63, 3.8) is 0 Å². The van der Waals surface area contributed by atoms with E-state index in [-0.39, 0.29) is 31.5 Å². The Hall–Kier alpha value is -2.03. The largest absolute Gasteiger partial charge is 0.756 e. The molecule has 9 nitrogen and oxygen atoms in total. The number of rotatable bonds is 72. The van der Waals surface area contributed by atoms with E-state index >= 15 is 0 Å². The minimum atomic E-state index is -4.70. The molecule has 3 atom stereocenters. The Kier molecular flexibility index (Phi) is 67.2. The fourth-order valence-corrected chi connectivity index (χ4v) is 12.5. The summed E-state index contributed by atoms with van der Waals surface area (Å²) in [4.78, 5) is 40.3. The van der Waals surface area contributed by atoms with Gasteiger partial charge in [0.25, 0.3) is 7.82 Å². The number of ether oxygens (including phenoxy) is 1. The number of allylic oxidation sites excluding steroid dienone is 7. The van der Waals surface area contributed by atoms with Crippen LogP contribution in [0, 0.1) is 0 Å². The summed E-state index contributed by atoms with van der Waals surface area (Å²) in [5, 5.41) is 3.06. The second kappa shape index (κ2) is 68.8. The van der Waals surface area contributed by atoms with Crippen molar-refractivity contribution < 1.29 is 37.3 Å². The molecule has 10 heteroatoms. The van der Waals surface area contributed by atoms with Crippen molar-refractivity contribution in [2.75, 3.05) is 40.9 Å². The summed E-state index contributed by atoms with van der Waals surface area (Å²) in [6, 6.07) is -0.887. The van der Waals surface area contributed by atoms with Gasteiger partial charge in [-0.25, -0.2) is 0 Å². The highest BCUT2D eigenvalue weighted by Gasteiger charge is 2.27. The molecule has 0 fully saturated rings. The number of nitrogens with one attached hydrogen (secondary N) is 1. The molecule has 0 spiro atoms. The minimum Gasteiger partial charge on any atom is -0.756 e. The number of phosphoric ester groups is 1. The molecular formula is C79H151N2O7P. The quantitative estimate of drug-likeness (QED) is 0.0212. The lowest BCUT2D eigenvalue weighted by Gasteiger charge is -2.30. The predicted octanol–water partition coefficient (Wildman–Crippen LogP) is 24.5. The lowest BCUT2D eigenvalue weighted by atomic mass is 10.0. The van der Waals surface area contributed by atoms with Crippen LogP contribution in [0.4, 0.5) is 0 Å². The second-order valence-corrected chi connectivity index (χ2v) is 29.3. The van der Waals surface area contributed by atoms with Gasteiger partial charge in [0.05, 0.1) is 33.8 Å². The topological polar surface area (TPSA) is 114 Å². The maximum absolute atomic E-state index is 13.6. The van der Waals surface area contributed by atoms with Gasteiger partial charge in [0.1, 0.15) is 19.3 Å². The maximum Gasteiger partial charge on any atom is 0.306 e. The smallest absolute Gasteiger partial charge is 0.306 e. The number of nitrogens with zero attached hydrogens (tertiary/aromatic N) is 1. The number of phosphoric acid groups is 1. The molecule has 0 rings (SSSR count). The van der Waals surface area contributed by atoms with Crippen LogP contribution in [0.2, 0.25) is 0 Å². The van der Waals surface area contributed by atoms with Crippen LogP contribution in [0.3, 0.4) is 0 Å². The van der Waals surface area contributed by atoms with Crippen LogP contribution in [0.5, 0.6) is 0 Å². The SMILES string of the molecule is CCCCC/C=C\C/C=C\C/C=C\CCCCCCCCCCCCCCCCC(=O)OC(/C=C/CCCCCCCCCCC)C(COP(=O)([O-])OCC[N+](C)(C)C)NC(=O)CCCCCCCCCCCCCCCCCCCCCCCCCCC. The number of hydrogen-bond donors (Lipinski definition) is 1. The van der Waals surface area contributed by atoms with Crippen LogP contribution in [-0.4, -0.2) is 69.4 Å². The van der Waals surface area contributed by atoms with E-state index in [0.717, 1.165) is 70.6 Å². The molecule has 0 heterocycles. The highest BCUT2D eigenvalue weighted by molar-refractivity contribution is 7.45. The minimum absolute atomic E-state index is 0.0198. The summed E-state index contributed by atoms with van der Waals surface area (Å²) in [5.41, 5.74) is 0. The number of amides is 1. The van der Waals surface area contributed by atoms with Crippen molar-refractivity contribution in [2.45, 2.75) is 405 Å². The van der Waals surface area contributed by atoms with Crippen LogP contribution in [0.25, 0.3) is 0 Å². The van der Waals surface area contributed by atoms with Gasteiger partial charge in [-0.1, -0.05) is 359 Å². The molecule has 0 aliphatic carbocycles. The summed E-state index contributed by atoms with van der Waals surface area (Å²) in [6.07, 6.45) is 88.3. The van der Waals surface area contributed by atoms with Crippen molar-refractivity contribution in [2.24, 2.45) is 0 Å². The average Bonchev–Trinajstić information content (AvgIpc) is 3.71. The van der Waals surface area contributed by atoms with E-state index in [4.69, 9.17) is 13.8 Å². The van der Waals surface area contributed by atoms with E-state index in [1.54, 1.807) is 0 Å². The first kappa shape index (κ1) is 87.0. The third kappa shape index (κ3) is 70.1. The lowest BCUT2D eigenvalue weighted by Crippen LogP contribution is -2.47. The molecule has 1 amide bonds. The summed E-state index contributed by atoms with van der Waals surface area (Å²) >= 11 is 0. The monoisotopic (exact) mass is 1270 g/mol. The fourth-order valence-electron chi connectivity index (χ4n) is 11.8. The predicted molar refractivity (Wildman–Crippen MR) is 386 cm³/mol. The van der Waals surface area contributed by atoms with Gasteiger partial charge < -0.3 is 28.5 Å². The number of carbonyl (C=O) groups excluding carboxylic acids is 2. The molecule has 0 aromatic heterocycles. The molecule has 0 aliphatic rings. The van der Waals surface area contributed by atoms with Crippen LogP contribution >= 0.6 is 7.82 Å². The van der Waals surface area contributed by atoms with E-state index in [0.29, 0.717) is 17.4 Å². The van der Waals surface area contributed by atoms with Gasteiger partial charge in [-0.3, -0.25) is 14.2 Å². The average molecular weight is 1270 g/mol. The molecule has 0 saturated heterocycles. The number of likely N-dealkylation sites (N-methyl/N-ethyl adjacent to an activating group) is 1. The summed E-state index contributed by atoms with van der Waals surface area (Å²) < 4.78 is 30.5. The number of unbranched alkanes of at least 4 members (excludes halogenated alkanes) is 50. The second-order valence-electron chi connectivity index (χ2n) is 27.9. The summed E-state index contributed by atoms with van der Waals surface area (Å²) in [7, 11) is 1.20. The Labute approximate surface area is 554 Å². The Balaban J connectivity index is 4.88. The van der Waals surface area contributed by atoms with Crippen LogP contribution in [0.1, 0.15) is 393 Å². The number of quaternary nitrogens is 1.